The number of likely N-dealkylation sites (N-methyl/N-ethyl adjacent to an activating group) is 1. The first-order chi connectivity index (χ1) is 24.5. The lowest BCUT2D eigenvalue weighted by atomic mass is 10.1. The number of esters is 1. The molecule has 1 heterocycles. The van der Waals surface area contributed by atoms with Crippen molar-refractivity contribution in [3.05, 3.63) is 83.2 Å². The predicted octanol–water partition coefficient (Wildman–Crippen LogP) is 7.08. The monoisotopic (exact) mass is 747 g/mol. The summed E-state index contributed by atoms with van der Waals surface area (Å²) in [5.41, 5.74) is -0.424. The van der Waals surface area contributed by atoms with Crippen molar-refractivity contribution in [2.24, 2.45) is 0 Å². The van der Waals surface area contributed by atoms with E-state index >= 15 is 0 Å². The average Bonchev–Trinajstić information content (AvgIpc) is 3.06. The summed E-state index contributed by atoms with van der Waals surface area (Å²) in [6.07, 6.45) is 0.871. The van der Waals surface area contributed by atoms with Crippen LogP contribution in [0.1, 0.15) is 52.5 Å². The maximum atomic E-state index is 13.9. The third kappa shape index (κ3) is 13.9. The third-order valence-corrected chi connectivity index (χ3v) is 7.72. The lowest BCUT2D eigenvalue weighted by molar-refractivity contribution is -0.147. The first-order valence-electron chi connectivity index (χ1n) is 16.4. The maximum Gasteiger partial charge on any atom is 0.412 e. The molecule has 0 aliphatic carbocycles. The lowest BCUT2D eigenvalue weighted by Gasteiger charge is -2.28. The van der Waals surface area contributed by atoms with E-state index in [0.717, 1.165) is 0 Å². The number of carbonyl (C=O) groups is 4. The van der Waals surface area contributed by atoms with Crippen molar-refractivity contribution in [3.8, 4) is 0 Å². The fourth-order valence-electron chi connectivity index (χ4n) is 4.63. The molecule has 0 aliphatic rings. The molecule has 3 N–H and O–H groups in total. The number of nitrogens with zero attached hydrogens (tertiary/aromatic N) is 2. The number of nitrogens with one attached hydrogen (secondary N) is 3. The highest BCUT2D eigenvalue weighted by atomic mass is 35.5. The highest BCUT2D eigenvalue weighted by molar-refractivity contribution is 6.31. The summed E-state index contributed by atoms with van der Waals surface area (Å²) < 4.78 is 49.0. The molecule has 3 aromatic rings. The number of rotatable bonds is 16. The molecule has 1 aromatic heterocycles. The van der Waals surface area contributed by atoms with Gasteiger partial charge in [0.25, 0.3) is 0 Å². The van der Waals surface area contributed by atoms with E-state index in [1.807, 2.05) is 0 Å². The van der Waals surface area contributed by atoms with Crippen molar-refractivity contribution in [3.63, 3.8) is 0 Å². The number of hydrogen-bond acceptors (Lipinski definition) is 9. The number of unbranched alkanes of at least 4 members (excludes halogenated alkanes) is 1. The first-order valence-corrected chi connectivity index (χ1v) is 16.8. The van der Waals surface area contributed by atoms with Gasteiger partial charge in [-0.2, -0.15) is 0 Å². The summed E-state index contributed by atoms with van der Waals surface area (Å²) in [6, 6.07) is 7.54. The van der Waals surface area contributed by atoms with Crippen LogP contribution in [-0.2, 0) is 30.3 Å². The van der Waals surface area contributed by atoms with Gasteiger partial charge in [-0.25, -0.2) is 32.9 Å². The van der Waals surface area contributed by atoms with Crippen LogP contribution in [0.3, 0.4) is 0 Å². The van der Waals surface area contributed by atoms with Crippen LogP contribution >= 0.6 is 11.6 Å². The Labute approximate surface area is 306 Å². The van der Waals surface area contributed by atoms with E-state index < -0.39 is 53.5 Å². The Morgan fingerprint density at radius 2 is 1.73 bits per heavy atom. The number of anilines is 1. The molecule has 282 valence electrons. The van der Waals surface area contributed by atoms with Gasteiger partial charge in [-0.3, -0.25) is 5.32 Å². The van der Waals surface area contributed by atoms with Gasteiger partial charge >= 0.3 is 24.2 Å². The number of halogens is 3. The van der Waals surface area contributed by atoms with Crippen molar-refractivity contribution < 1.29 is 46.9 Å². The standard InChI is InChI=1S/C36H44ClF2N5O8/c1-22(2)50-21-29(42-35(48)52-36(3,4)5)32(45)49-15-8-7-11-27(44(6)33(46)41-19-24-10-9-12-28(39)31(24)37)20-51-34(47)43-30-17-25-16-26(38)14-13-23(25)18-40-30/h9-10,12-14,16-18,27,29H,1,7-8,11,15,19-21H2,2-6H3,(H,41,46)(H,42,48)(H,40,43,47)/t27-,29-/m0/s1. The second kappa shape index (κ2) is 19.4. The van der Waals surface area contributed by atoms with Crippen LogP contribution in [0.25, 0.3) is 10.8 Å². The van der Waals surface area contributed by atoms with Crippen LogP contribution in [0.15, 0.2) is 61.0 Å². The predicted molar refractivity (Wildman–Crippen MR) is 191 cm³/mol. The molecule has 0 unspecified atom stereocenters. The minimum atomic E-state index is -1.16. The van der Waals surface area contributed by atoms with Crippen molar-refractivity contribution >= 4 is 52.4 Å². The quantitative estimate of drug-likeness (QED) is 0.0603. The summed E-state index contributed by atoms with van der Waals surface area (Å²) >= 11 is 6.03. The molecule has 2 aromatic carbocycles. The summed E-state index contributed by atoms with van der Waals surface area (Å²) in [5, 5.41) is 8.71. The number of benzene rings is 2. The summed E-state index contributed by atoms with van der Waals surface area (Å²) in [4.78, 5) is 56.4. The molecule has 0 bridgehead atoms. The van der Waals surface area contributed by atoms with Crippen molar-refractivity contribution in [2.75, 3.05) is 32.2 Å². The molecule has 2 atom stereocenters. The van der Waals surface area contributed by atoms with Crippen LogP contribution in [0.5, 0.6) is 0 Å². The number of amides is 4. The molecule has 0 fully saturated rings. The van der Waals surface area contributed by atoms with E-state index in [2.05, 4.69) is 27.5 Å². The van der Waals surface area contributed by atoms with Crippen molar-refractivity contribution in [1.29, 1.82) is 0 Å². The normalized spacial score (nSPS) is 12.2. The van der Waals surface area contributed by atoms with Crippen LogP contribution in [-0.4, -0.2) is 78.6 Å². The fraction of sp³-hybridized carbons (Fsp3) is 0.417. The lowest BCUT2D eigenvalue weighted by Crippen LogP contribution is -2.47. The van der Waals surface area contributed by atoms with Gasteiger partial charge in [-0.05, 0) is 88.2 Å². The summed E-state index contributed by atoms with van der Waals surface area (Å²) in [5.74, 6) is -1.35. The molecule has 0 saturated carbocycles. The van der Waals surface area contributed by atoms with E-state index in [4.69, 9.17) is 30.5 Å². The molecule has 13 nitrogen and oxygen atoms in total. The van der Waals surface area contributed by atoms with Gasteiger partial charge in [0.2, 0.25) is 0 Å². The van der Waals surface area contributed by atoms with Crippen LogP contribution < -0.4 is 16.0 Å². The number of urea groups is 1. The fourth-order valence-corrected chi connectivity index (χ4v) is 4.82. The maximum absolute atomic E-state index is 13.9. The Balaban J connectivity index is 1.60. The van der Waals surface area contributed by atoms with E-state index in [9.17, 15) is 28.0 Å². The molecule has 0 radical (unpaired) electrons. The molecule has 0 spiro atoms. The van der Waals surface area contributed by atoms with Gasteiger partial charge in [-0.1, -0.05) is 30.3 Å². The zero-order valence-corrected chi connectivity index (χ0v) is 30.5. The number of carbonyl (C=O) groups excluding carboxylic acids is 4. The van der Waals surface area contributed by atoms with Crippen LogP contribution in [0, 0.1) is 11.6 Å². The Hall–Kier alpha value is -5.18. The SMILES string of the molecule is C=C(C)OC[C@H](NC(=O)OC(C)(C)C)C(=O)OCCCC[C@@H](COC(=O)Nc1cc2cc(F)ccc2cn1)N(C)C(=O)NCc1cccc(F)c1Cl. The average molecular weight is 748 g/mol. The number of aromatic nitrogens is 1. The van der Waals surface area contributed by atoms with Crippen LogP contribution in [0.4, 0.5) is 29.0 Å². The highest BCUT2D eigenvalue weighted by Gasteiger charge is 2.27. The molecule has 4 amide bonds. The van der Waals surface area contributed by atoms with Crippen molar-refractivity contribution in [1.82, 2.24) is 20.5 Å². The van der Waals surface area contributed by atoms with Gasteiger partial charge in [-0.15, -0.1) is 0 Å². The second-order valence-corrected chi connectivity index (χ2v) is 13.2. The van der Waals surface area contributed by atoms with Gasteiger partial charge in [0.1, 0.15) is 36.3 Å². The Morgan fingerprint density at radius 1 is 0.981 bits per heavy atom. The van der Waals surface area contributed by atoms with Crippen LogP contribution in [0.2, 0.25) is 5.02 Å². The Bertz CT molecular complexity index is 1740. The van der Waals surface area contributed by atoms with Gasteiger partial charge < -0.3 is 34.5 Å². The molecule has 52 heavy (non-hydrogen) atoms. The Morgan fingerprint density at radius 3 is 2.44 bits per heavy atom. The molecule has 0 saturated heterocycles. The summed E-state index contributed by atoms with van der Waals surface area (Å²) in [7, 11) is 1.50. The number of alkyl carbamates (subject to hydrolysis) is 1. The first kappa shape index (κ1) is 41.2. The van der Waals surface area contributed by atoms with Gasteiger partial charge in [0.15, 0.2) is 6.04 Å². The topological polar surface area (TPSA) is 157 Å². The largest absolute Gasteiger partial charge is 0.496 e. The summed E-state index contributed by atoms with van der Waals surface area (Å²) in [6.45, 7) is 9.71. The van der Waals surface area contributed by atoms with Crippen molar-refractivity contribution in [2.45, 2.75) is 71.2 Å². The number of ether oxygens (including phenoxy) is 4. The Kier molecular flexibility index (Phi) is 15.4. The van der Waals surface area contributed by atoms with Gasteiger partial charge in [0.05, 0.1) is 23.4 Å². The number of pyridine rings is 1. The zero-order chi connectivity index (χ0) is 38.4. The number of hydrogen-bond donors (Lipinski definition) is 3. The molecular weight excluding hydrogens is 704 g/mol. The second-order valence-electron chi connectivity index (χ2n) is 12.8. The van der Waals surface area contributed by atoms with E-state index in [1.54, 1.807) is 39.8 Å². The smallest absolute Gasteiger partial charge is 0.412 e. The van der Waals surface area contributed by atoms with E-state index in [0.29, 0.717) is 41.4 Å². The zero-order valence-electron chi connectivity index (χ0n) is 29.7. The highest BCUT2D eigenvalue weighted by Crippen LogP contribution is 2.20. The molecular formula is C36H44ClF2N5O8. The van der Waals surface area contributed by atoms with E-state index in [-0.39, 0.29) is 37.2 Å². The minimum Gasteiger partial charge on any atom is -0.496 e. The van der Waals surface area contributed by atoms with E-state index in [1.165, 1.54) is 48.5 Å². The molecule has 3 rings (SSSR count). The third-order valence-electron chi connectivity index (χ3n) is 7.30. The minimum absolute atomic E-state index is 0.0331. The molecule has 0 aliphatic heterocycles. The number of fused-ring (bicyclic) bond motifs is 1. The van der Waals surface area contributed by atoms with Gasteiger partial charge in [0, 0.05) is 25.2 Å². The molecule has 16 heteroatoms. The number of allylic oxidation sites excluding steroid dienone is 1.